The zero-order valence-electron chi connectivity index (χ0n) is 15.3. The molecule has 4 nitrogen and oxygen atoms in total. The van der Waals surface area contributed by atoms with Gasteiger partial charge in [0.25, 0.3) is 0 Å². The average Bonchev–Trinajstić information content (AvgIpc) is 3.20. The van der Waals surface area contributed by atoms with Gasteiger partial charge < -0.3 is 9.32 Å². The van der Waals surface area contributed by atoms with Crippen LogP contribution in [-0.4, -0.2) is 24.3 Å². The molecule has 0 aliphatic carbocycles. The Morgan fingerprint density at radius 2 is 1.37 bits per heavy atom. The molecule has 1 aromatic heterocycles. The van der Waals surface area contributed by atoms with E-state index in [0.717, 1.165) is 11.3 Å². The lowest BCUT2D eigenvalue weighted by atomic mass is 10.2. The van der Waals surface area contributed by atoms with Gasteiger partial charge in [-0.15, -0.1) is 10.2 Å². The van der Waals surface area contributed by atoms with Crippen LogP contribution in [0.25, 0.3) is 11.5 Å². The molecule has 0 fully saturated rings. The first kappa shape index (κ1) is 17.4. The summed E-state index contributed by atoms with van der Waals surface area (Å²) in [6, 6.07) is 28.8. The number of rotatable bonds is 5. The van der Waals surface area contributed by atoms with Crippen LogP contribution in [0, 0.1) is 0 Å². The Hall–Kier alpha value is -2.97. The summed E-state index contributed by atoms with van der Waals surface area (Å²) in [6.45, 7) is 0. The van der Waals surface area contributed by atoms with Crippen LogP contribution in [0.3, 0.4) is 0 Å². The highest BCUT2D eigenvalue weighted by atomic mass is 31.1. The quantitative estimate of drug-likeness (QED) is 0.502. The summed E-state index contributed by atoms with van der Waals surface area (Å²) in [5.41, 5.74) is 2.68. The summed E-state index contributed by atoms with van der Waals surface area (Å²) >= 11 is 0. The maximum absolute atomic E-state index is 6.16. The Labute approximate surface area is 160 Å². The predicted molar refractivity (Wildman–Crippen MR) is 113 cm³/mol. The molecular formula is C22H20N3OP. The summed E-state index contributed by atoms with van der Waals surface area (Å²) in [5.74, 6) is 0.549. The molecule has 4 aromatic rings. The van der Waals surface area contributed by atoms with Gasteiger partial charge in [0.1, 0.15) is 0 Å². The highest BCUT2D eigenvalue weighted by Gasteiger charge is 2.23. The van der Waals surface area contributed by atoms with Crippen LogP contribution < -0.4 is 21.1 Å². The molecule has 0 aliphatic rings. The number of hydrogen-bond acceptors (Lipinski definition) is 4. The van der Waals surface area contributed by atoms with Gasteiger partial charge in [0.05, 0.1) is 0 Å². The van der Waals surface area contributed by atoms with Crippen LogP contribution in [0.2, 0.25) is 0 Å². The first-order chi connectivity index (χ1) is 13.2. The minimum Gasteiger partial charge on any atom is -0.416 e. The number of benzene rings is 3. The molecule has 4 rings (SSSR count). The molecule has 0 amide bonds. The lowest BCUT2D eigenvalue weighted by Gasteiger charge is -2.14. The zero-order chi connectivity index (χ0) is 18.6. The molecule has 0 saturated carbocycles. The third-order valence-corrected chi connectivity index (χ3v) is 6.44. The monoisotopic (exact) mass is 373 g/mol. The van der Waals surface area contributed by atoms with E-state index in [1.165, 1.54) is 10.6 Å². The fourth-order valence-electron chi connectivity index (χ4n) is 2.86. The highest BCUT2D eigenvalue weighted by Crippen LogP contribution is 2.33. The van der Waals surface area contributed by atoms with Gasteiger partial charge in [0.15, 0.2) is 0 Å². The van der Waals surface area contributed by atoms with Crippen molar-refractivity contribution in [2.45, 2.75) is 0 Å². The summed E-state index contributed by atoms with van der Waals surface area (Å²) in [7, 11) is 3.15. The van der Waals surface area contributed by atoms with Crippen molar-refractivity contribution in [3.05, 3.63) is 84.9 Å². The van der Waals surface area contributed by atoms with Crippen LogP contribution in [0.15, 0.2) is 89.3 Å². The number of nitrogens with zero attached hydrogens (tertiary/aromatic N) is 3. The van der Waals surface area contributed by atoms with Crippen molar-refractivity contribution in [2.24, 2.45) is 0 Å². The Morgan fingerprint density at radius 3 is 1.96 bits per heavy atom. The van der Waals surface area contributed by atoms with Crippen molar-refractivity contribution in [2.75, 3.05) is 19.0 Å². The molecule has 0 bridgehead atoms. The molecule has 0 spiro atoms. The molecule has 5 heteroatoms. The Bertz CT molecular complexity index is 976. The molecule has 0 saturated heterocycles. The molecular weight excluding hydrogens is 353 g/mol. The van der Waals surface area contributed by atoms with Gasteiger partial charge in [-0.25, -0.2) is 0 Å². The van der Waals surface area contributed by atoms with Crippen molar-refractivity contribution in [3.8, 4) is 11.5 Å². The van der Waals surface area contributed by atoms with Gasteiger partial charge in [0.2, 0.25) is 11.5 Å². The first-order valence-electron chi connectivity index (χ1n) is 8.74. The third kappa shape index (κ3) is 3.76. The van der Waals surface area contributed by atoms with Gasteiger partial charge in [-0.3, -0.25) is 0 Å². The van der Waals surface area contributed by atoms with Crippen molar-refractivity contribution < 1.29 is 4.42 Å². The topological polar surface area (TPSA) is 42.2 Å². The number of hydrogen-bond donors (Lipinski definition) is 0. The van der Waals surface area contributed by atoms with Crippen LogP contribution in [0.4, 0.5) is 5.69 Å². The van der Waals surface area contributed by atoms with Gasteiger partial charge in [-0.1, -0.05) is 66.7 Å². The van der Waals surface area contributed by atoms with Gasteiger partial charge >= 0.3 is 0 Å². The van der Waals surface area contributed by atoms with E-state index in [2.05, 4.69) is 51.5 Å². The second-order valence-corrected chi connectivity index (χ2v) is 8.43. The molecule has 3 aromatic carbocycles. The van der Waals surface area contributed by atoms with E-state index in [4.69, 9.17) is 4.42 Å². The lowest BCUT2D eigenvalue weighted by molar-refractivity contribution is 0.606. The van der Waals surface area contributed by atoms with E-state index >= 15 is 0 Å². The predicted octanol–water partition coefficient (Wildman–Crippen LogP) is 3.56. The molecule has 27 heavy (non-hydrogen) atoms. The standard InChI is InChI=1S/C22H20N3OP/c1-25(2)18-11-9-10-17(16-18)21-23-24-22(26-21)27(19-12-5-3-6-13-19)20-14-7-4-8-15-20/h3-16H,1-2H3. The number of anilines is 1. The lowest BCUT2D eigenvalue weighted by Crippen LogP contribution is -2.21. The summed E-state index contributed by atoms with van der Waals surface area (Å²) in [5, 5.41) is 11.1. The second-order valence-electron chi connectivity index (χ2n) is 6.34. The summed E-state index contributed by atoms with van der Waals surface area (Å²) < 4.78 is 6.16. The van der Waals surface area contributed by atoms with E-state index in [-0.39, 0.29) is 0 Å². The maximum atomic E-state index is 6.16. The van der Waals surface area contributed by atoms with Crippen LogP contribution >= 0.6 is 7.92 Å². The van der Waals surface area contributed by atoms with Gasteiger partial charge in [0, 0.05) is 33.3 Å². The number of aromatic nitrogens is 2. The van der Waals surface area contributed by atoms with Crippen LogP contribution in [-0.2, 0) is 0 Å². The smallest absolute Gasteiger partial charge is 0.248 e. The van der Waals surface area contributed by atoms with E-state index in [9.17, 15) is 0 Å². The molecule has 0 aliphatic heterocycles. The molecule has 0 radical (unpaired) electrons. The summed E-state index contributed by atoms with van der Waals surface area (Å²) in [6.07, 6.45) is 0. The van der Waals surface area contributed by atoms with E-state index < -0.39 is 7.92 Å². The van der Waals surface area contributed by atoms with Crippen molar-refractivity contribution in [3.63, 3.8) is 0 Å². The second kappa shape index (κ2) is 7.73. The first-order valence-corrected chi connectivity index (χ1v) is 10.1. The van der Waals surface area contributed by atoms with Gasteiger partial charge in [-0.05, 0) is 28.8 Å². The van der Waals surface area contributed by atoms with Crippen molar-refractivity contribution in [1.29, 1.82) is 0 Å². The largest absolute Gasteiger partial charge is 0.416 e. The maximum Gasteiger partial charge on any atom is 0.248 e. The fraction of sp³-hybridized carbons (Fsp3) is 0.0909. The average molecular weight is 373 g/mol. The zero-order valence-corrected chi connectivity index (χ0v) is 16.2. The van der Waals surface area contributed by atoms with Gasteiger partial charge in [-0.2, -0.15) is 0 Å². The Kier molecular flexibility index (Phi) is 4.99. The molecule has 0 N–H and O–H groups in total. The SMILES string of the molecule is CN(C)c1cccc(-c2nnc(P(c3ccccc3)c3ccccc3)o2)c1. The van der Waals surface area contributed by atoms with E-state index in [0.29, 0.717) is 11.5 Å². The minimum absolute atomic E-state index is 0.549. The van der Waals surface area contributed by atoms with Crippen molar-refractivity contribution in [1.82, 2.24) is 10.2 Å². The highest BCUT2D eigenvalue weighted by molar-refractivity contribution is 7.79. The van der Waals surface area contributed by atoms with E-state index in [1.54, 1.807) is 0 Å². The molecule has 134 valence electrons. The molecule has 0 atom stereocenters. The van der Waals surface area contributed by atoms with E-state index in [1.807, 2.05) is 62.6 Å². The van der Waals surface area contributed by atoms with Crippen molar-refractivity contribution >= 4 is 29.8 Å². The Balaban J connectivity index is 1.76. The molecule has 0 unspecified atom stereocenters. The molecule has 1 heterocycles. The normalized spacial score (nSPS) is 10.9. The Morgan fingerprint density at radius 1 is 0.741 bits per heavy atom. The van der Waals surface area contributed by atoms with Crippen LogP contribution in [0.1, 0.15) is 0 Å². The minimum atomic E-state index is -0.886. The third-order valence-electron chi connectivity index (χ3n) is 4.24. The summed E-state index contributed by atoms with van der Waals surface area (Å²) in [4.78, 5) is 2.06. The fourth-order valence-corrected chi connectivity index (χ4v) is 4.86. The van der Waals surface area contributed by atoms with Crippen LogP contribution in [0.5, 0.6) is 0 Å².